The molecule has 0 amide bonds. The summed E-state index contributed by atoms with van der Waals surface area (Å²) in [5.41, 5.74) is 0. The predicted molar refractivity (Wildman–Crippen MR) is 92.4 cm³/mol. The molecule has 0 spiro atoms. The SMILES string of the molecule is CCCCCC/C(=C/C(=O)OC)[Si](C)(C)c1ccccc1. The van der Waals surface area contributed by atoms with E-state index in [9.17, 15) is 4.79 Å². The summed E-state index contributed by atoms with van der Waals surface area (Å²) >= 11 is 0. The fourth-order valence-corrected chi connectivity index (χ4v) is 5.23. The van der Waals surface area contributed by atoms with Gasteiger partial charge < -0.3 is 4.74 Å². The number of carbonyl (C=O) groups is 1. The average molecular weight is 305 g/mol. The molecular formula is C18H28O2Si. The lowest BCUT2D eigenvalue weighted by atomic mass is 10.1. The number of methoxy groups -OCH3 is 1. The van der Waals surface area contributed by atoms with Gasteiger partial charge in [0, 0.05) is 6.08 Å². The van der Waals surface area contributed by atoms with Gasteiger partial charge in [-0.3, -0.25) is 0 Å². The van der Waals surface area contributed by atoms with Crippen molar-refractivity contribution in [3.8, 4) is 0 Å². The number of carbonyl (C=O) groups excluding carboxylic acids is 1. The molecule has 0 radical (unpaired) electrons. The van der Waals surface area contributed by atoms with Crippen LogP contribution in [0.3, 0.4) is 0 Å². The van der Waals surface area contributed by atoms with Crippen LogP contribution in [-0.2, 0) is 9.53 Å². The Balaban J connectivity index is 2.94. The summed E-state index contributed by atoms with van der Waals surface area (Å²) in [6, 6.07) is 10.6. The summed E-state index contributed by atoms with van der Waals surface area (Å²) in [5.74, 6) is -0.225. The highest BCUT2D eigenvalue weighted by Gasteiger charge is 2.28. The lowest BCUT2D eigenvalue weighted by Gasteiger charge is -2.27. The molecule has 21 heavy (non-hydrogen) atoms. The van der Waals surface area contributed by atoms with Crippen molar-refractivity contribution < 1.29 is 9.53 Å². The number of rotatable bonds is 8. The van der Waals surface area contributed by atoms with Crippen LogP contribution in [-0.4, -0.2) is 21.2 Å². The average Bonchev–Trinajstić information content (AvgIpc) is 2.50. The van der Waals surface area contributed by atoms with Crippen LogP contribution in [0.15, 0.2) is 41.6 Å². The highest BCUT2D eigenvalue weighted by molar-refractivity contribution is 6.95. The number of unbranched alkanes of at least 4 members (excludes halogenated alkanes) is 3. The van der Waals surface area contributed by atoms with Crippen molar-refractivity contribution in [2.24, 2.45) is 0 Å². The van der Waals surface area contributed by atoms with Gasteiger partial charge in [0.1, 0.15) is 8.07 Å². The van der Waals surface area contributed by atoms with Gasteiger partial charge in [-0.25, -0.2) is 4.79 Å². The maximum atomic E-state index is 11.7. The van der Waals surface area contributed by atoms with Crippen molar-refractivity contribution in [2.75, 3.05) is 7.11 Å². The van der Waals surface area contributed by atoms with Crippen molar-refractivity contribution in [1.82, 2.24) is 0 Å². The third-order valence-electron chi connectivity index (χ3n) is 4.09. The minimum atomic E-state index is -1.79. The highest BCUT2D eigenvalue weighted by atomic mass is 28.3. The second-order valence-corrected chi connectivity index (χ2v) is 10.5. The van der Waals surface area contributed by atoms with E-state index in [0.29, 0.717) is 0 Å². The van der Waals surface area contributed by atoms with Crippen LogP contribution in [0.1, 0.15) is 39.0 Å². The van der Waals surface area contributed by atoms with Gasteiger partial charge >= 0.3 is 5.97 Å². The molecule has 0 aromatic heterocycles. The van der Waals surface area contributed by atoms with Crippen LogP contribution in [0.25, 0.3) is 0 Å². The zero-order valence-electron chi connectivity index (χ0n) is 13.8. The normalized spacial score (nSPS) is 12.3. The van der Waals surface area contributed by atoms with E-state index in [1.54, 1.807) is 6.08 Å². The summed E-state index contributed by atoms with van der Waals surface area (Å²) in [4.78, 5) is 11.7. The van der Waals surface area contributed by atoms with Gasteiger partial charge in [-0.15, -0.1) is 0 Å². The van der Waals surface area contributed by atoms with Crippen LogP contribution in [0.5, 0.6) is 0 Å². The Labute approximate surface area is 130 Å². The number of allylic oxidation sites excluding steroid dienone is 1. The van der Waals surface area contributed by atoms with Gasteiger partial charge in [-0.05, 0) is 12.8 Å². The van der Waals surface area contributed by atoms with Gasteiger partial charge in [-0.2, -0.15) is 0 Å². The molecule has 116 valence electrons. The topological polar surface area (TPSA) is 26.3 Å². The first-order valence-electron chi connectivity index (χ1n) is 7.87. The second-order valence-electron chi connectivity index (χ2n) is 5.99. The number of ether oxygens (including phenoxy) is 1. The van der Waals surface area contributed by atoms with Gasteiger partial charge in [0.2, 0.25) is 0 Å². The van der Waals surface area contributed by atoms with Crippen molar-refractivity contribution in [3.63, 3.8) is 0 Å². The summed E-state index contributed by atoms with van der Waals surface area (Å²) in [6.07, 6.45) is 7.62. The molecule has 0 aliphatic heterocycles. The number of hydrogen-bond donors (Lipinski definition) is 0. The van der Waals surface area contributed by atoms with Gasteiger partial charge in [0.05, 0.1) is 7.11 Å². The van der Waals surface area contributed by atoms with E-state index in [4.69, 9.17) is 4.74 Å². The van der Waals surface area contributed by atoms with Crippen molar-refractivity contribution in [1.29, 1.82) is 0 Å². The number of benzene rings is 1. The van der Waals surface area contributed by atoms with Crippen molar-refractivity contribution in [3.05, 3.63) is 41.6 Å². The number of esters is 1. The van der Waals surface area contributed by atoms with E-state index in [2.05, 4.69) is 44.3 Å². The smallest absolute Gasteiger partial charge is 0.330 e. The Hall–Kier alpha value is -1.35. The van der Waals surface area contributed by atoms with E-state index >= 15 is 0 Å². The molecule has 0 atom stereocenters. The molecule has 1 rings (SSSR count). The third-order valence-corrected chi connectivity index (χ3v) is 7.87. The third kappa shape index (κ3) is 5.50. The van der Waals surface area contributed by atoms with Gasteiger partial charge in [0.25, 0.3) is 0 Å². The Morgan fingerprint density at radius 3 is 2.38 bits per heavy atom. The van der Waals surface area contributed by atoms with E-state index in [0.717, 1.165) is 12.8 Å². The quantitative estimate of drug-likeness (QED) is 0.311. The molecule has 0 saturated heterocycles. The first-order chi connectivity index (χ1) is 10.0. The summed E-state index contributed by atoms with van der Waals surface area (Å²) in [6.45, 7) is 6.85. The van der Waals surface area contributed by atoms with Crippen LogP contribution >= 0.6 is 0 Å². The monoisotopic (exact) mass is 304 g/mol. The Bertz CT molecular complexity index is 463. The zero-order chi connectivity index (χ0) is 15.7. The molecule has 1 aromatic rings. The fourth-order valence-electron chi connectivity index (χ4n) is 2.55. The van der Waals surface area contributed by atoms with Crippen molar-refractivity contribution in [2.45, 2.75) is 52.1 Å². The molecule has 0 N–H and O–H groups in total. The maximum absolute atomic E-state index is 11.7. The summed E-state index contributed by atoms with van der Waals surface area (Å²) in [7, 11) is -0.339. The molecule has 0 unspecified atom stereocenters. The molecule has 0 saturated carbocycles. The second kappa shape index (κ2) is 8.83. The fraction of sp³-hybridized carbons (Fsp3) is 0.500. The Morgan fingerprint density at radius 2 is 1.81 bits per heavy atom. The molecular weight excluding hydrogens is 276 g/mol. The van der Waals surface area contributed by atoms with Crippen LogP contribution in [0.2, 0.25) is 13.1 Å². The first-order valence-corrected chi connectivity index (χ1v) is 10.9. The maximum Gasteiger partial charge on any atom is 0.330 e. The molecule has 1 aromatic carbocycles. The highest BCUT2D eigenvalue weighted by Crippen LogP contribution is 2.22. The van der Waals surface area contributed by atoms with Crippen LogP contribution < -0.4 is 5.19 Å². The van der Waals surface area contributed by atoms with E-state index < -0.39 is 8.07 Å². The minimum Gasteiger partial charge on any atom is -0.466 e. The van der Waals surface area contributed by atoms with E-state index in [1.807, 2.05) is 6.07 Å². The summed E-state index contributed by atoms with van der Waals surface area (Å²) < 4.78 is 4.85. The van der Waals surface area contributed by atoms with E-state index in [-0.39, 0.29) is 5.97 Å². The van der Waals surface area contributed by atoms with Gasteiger partial charge in [0.15, 0.2) is 0 Å². The van der Waals surface area contributed by atoms with Crippen LogP contribution in [0, 0.1) is 0 Å². The molecule has 0 heterocycles. The van der Waals surface area contributed by atoms with Crippen LogP contribution in [0.4, 0.5) is 0 Å². The molecule has 0 fully saturated rings. The minimum absolute atomic E-state index is 0.225. The first kappa shape index (κ1) is 17.7. The summed E-state index contributed by atoms with van der Waals surface area (Å²) in [5, 5.41) is 2.66. The van der Waals surface area contributed by atoms with Gasteiger partial charge in [-0.1, -0.05) is 80.0 Å². The Morgan fingerprint density at radius 1 is 1.14 bits per heavy atom. The zero-order valence-corrected chi connectivity index (χ0v) is 14.8. The van der Waals surface area contributed by atoms with Crippen molar-refractivity contribution >= 4 is 19.2 Å². The molecule has 2 nitrogen and oxygen atoms in total. The van der Waals surface area contributed by atoms with E-state index in [1.165, 1.54) is 36.8 Å². The standard InChI is InChI=1S/C18H28O2Si/c1-5-6-7-9-14-17(15-18(19)20-2)21(3,4)16-12-10-8-11-13-16/h8,10-13,15H,5-7,9,14H2,1-4H3/b17-15-. The number of hydrogen-bond acceptors (Lipinski definition) is 2. The predicted octanol–water partition coefficient (Wildman–Crippen LogP) is 4.21. The largest absolute Gasteiger partial charge is 0.466 e. The lowest BCUT2D eigenvalue weighted by Crippen LogP contribution is -2.44. The Kier molecular flexibility index (Phi) is 7.44. The lowest BCUT2D eigenvalue weighted by molar-refractivity contribution is -0.134. The molecule has 3 heteroatoms. The molecule has 0 aliphatic rings. The molecule has 0 bridgehead atoms. The molecule has 0 aliphatic carbocycles.